The predicted octanol–water partition coefficient (Wildman–Crippen LogP) is 1.37. The zero-order chi connectivity index (χ0) is 15.7. The number of hydrogen-bond acceptors (Lipinski definition) is 3. The van der Waals surface area contributed by atoms with Crippen LogP contribution >= 0.6 is 0 Å². The first-order valence-electron chi connectivity index (χ1n) is 7.11. The molecule has 0 fully saturated rings. The molecule has 20 heavy (non-hydrogen) atoms. The zero-order valence-corrected chi connectivity index (χ0v) is 13.3. The molecule has 0 aromatic heterocycles. The van der Waals surface area contributed by atoms with Gasteiger partial charge < -0.3 is 20.6 Å². The van der Waals surface area contributed by atoms with Gasteiger partial charge in [-0.05, 0) is 39.3 Å². The summed E-state index contributed by atoms with van der Waals surface area (Å²) in [5.74, 6) is -0.432. The minimum atomic E-state index is -0.821. The lowest BCUT2D eigenvalue weighted by molar-refractivity contribution is -0.138. The maximum Gasteiger partial charge on any atom is 0.315 e. The lowest BCUT2D eigenvalue weighted by atomic mass is 9.94. The Bertz CT molecular complexity index is 306. The summed E-state index contributed by atoms with van der Waals surface area (Å²) in [6, 6.07) is -0.188. The lowest BCUT2D eigenvalue weighted by Crippen LogP contribution is -2.46. The fourth-order valence-electron chi connectivity index (χ4n) is 2.26. The number of nitrogens with zero attached hydrogens (tertiary/aromatic N) is 1. The molecule has 0 bridgehead atoms. The summed E-state index contributed by atoms with van der Waals surface area (Å²) < 4.78 is 0. The van der Waals surface area contributed by atoms with E-state index in [-0.39, 0.29) is 24.4 Å². The summed E-state index contributed by atoms with van der Waals surface area (Å²) in [5, 5.41) is 14.5. The van der Waals surface area contributed by atoms with E-state index < -0.39 is 5.97 Å². The van der Waals surface area contributed by atoms with E-state index in [1.807, 2.05) is 39.8 Å². The average Bonchev–Trinajstić information content (AvgIpc) is 2.22. The highest BCUT2D eigenvalue weighted by Gasteiger charge is 2.16. The van der Waals surface area contributed by atoms with Gasteiger partial charge in [0, 0.05) is 25.6 Å². The van der Waals surface area contributed by atoms with Gasteiger partial charge in [0.15, 0.2) is 0 Å². The number of carboxylic acids is 1. The van der Waals surface area contributed by atoms with Crippen molar-refractivity contribution in [1.82, 2.24) is 15.5 Å². The molecule has 0 saturated carbocycles. The normalized spacial score (nSPS) is 14.2. The highest BCUT2D eigenvalue weighted by atomic mass is 16.4. The summed E-state index contributed by atoms with van der Waals surface area (Å²) >= 11 is 0. The van der Waals surface area contributed by atoms with Gasteiger partial charge in [-0.25, -0.2) is 4.79 Å². The monoisotopic (exact) mass is 287 g/mol. The van der Waals surface area contributed by atoms with Crippen molar-refractivity contribution in [1.29, 1.82) is 0 Å². The van der Waals surface area contributed by atoms with Crippen LogP contribution in [0, 0.1) is 11.8 Å². The molecule has 0 spiro atoms. The smallest absolute Gasteiger partial charge is 0.315 e. The first-order chi connectivity index (χ1) is 9.20. The molecular weight excluding hydrogens is 258 g/mol. The predicted molar refractivity (Wildman–Crippen MR) is 79.7 cm³/mol. The molecule has 0 rings (SSSR count). The van der Waals surface area contributed by atoms with Crippen molar-refractivity contribution in [2.75, 3.05) is 27.2 Å². The average molecular weight is 287 g/mol. The number of urea groups is 1. The molecule has 6 nitrogen and oxygen atoms in total. The SMILES string of the molecule is CC(C)CC(CNC(=O)NC(C)CN(C)C)CC(=O)O. The van der Waals surface area contributed by atoms with Crippen LogP contribution in [-0.2, 0) is 4.79 Å². The second kappa shape index (κ2) is 9.58. The Morgan fingerprint density at radius 2 is 1.80 bits per heavy atom. The van der Waals surface area contributed by atoms with Crippen LogP contribution < -0.4 is 10.6 Å². The number of aliphatic carboxylic acids is 1. The number of rotatable bonds is 9. The van der Waals surface area contributed by atoms with E-state index in [0.29, 0.717) is 12.5 Å². The molecule has 0 aliphatic rings. The Morgan fingerprint density at radius 3 is 2.25 bits per heavy atom. The fourth-order valence-corrected chi connectivity index (χ4v) is 2.26. The van der Waals surface area contributed by atoms with E-state index in [1.54, 1.807) is 0 Å². The van der Waals surface area contributed by atoms with Gasteiger partial charge in [-0.15, -0.1) is 0 Å². The summed E-state index contributed by atoms with van der Waals surface area (Å²) in [6.45, 7) is 7.19. The van der Waals surface area contributed by atoms with Gasteiger partial charge in [-0.2, -0.15) is 0 Å². The highest BCUT2D eigenvalue weighted by Crippen LogP contribution is 2.14. The van der Waals surface area contributed by atoms with Crippen LogP contribution in [0.1, 0.15) is 33.6 Å². The number of hydrogen-bond donors (Lipinski definition) is 3. The molecular formula is C14H29N3O3. The minimum Gasteiger partial charge on any atom is -0.481 e. The van der Waals surface area contributed by atoms with Crippen LogP contribution in [0.25, 0.3) is 0 Å². The Balaban J connectivity index is 4.12. The second-order valence-electron chi connectivity index (χ2n) is 6.11. The minimum absolute atomic E-state index is 0.0256. The van der Waals surface area contributed by atoms with Crippen molar-refractivity contribution in [2.24, 2.45) is 11.8 Å². The molecule has 0 aromatic carbocycles. The molecule has 0 radical (unpaired) electrons. The molecule has 0 aliphatic heterocycles. The summed E-state index contributed by atoms with van der Waals surface area (Å²) in [4.78, 5) is 24.5. The third-order valence-electron chi connectivity index (χ3n) is 2.84. The zero-order valence-electron chi connectivity index (χ0n) is 13.3. The third kappa shape index (κ3) is 10.6. The number of amides is 2. The van der Waals surface area contributed by atoms with E-state index in [9.17, 15) is 9.59 Å². The second-order valence-corrected chi connectivity index (χ2v) is 6.11. The van der Waals surface area contributed by atoms with Gasteiger partial charge in [0.1, 0.15) is 0 Å². The largest absolute Gasteiger partial charge is 0.481 e. The van der Waals surface area contributed by atoms with E-state index in [4.69, 9.17) is 5.11 Å². The Kier molecular flexibility index (Phi) is 8.96. The van der Waals surface area contributed by atoms with Crippen molar-refractivity contribution >= 4 is 12.0 Å². The van der Waals surface area contributed by atoms with E-state index in [2.05, 4.69) is 10.6 Å². The molecule has 2 amide bonds. The van der Waals surface area contributed by atoms with Gasteiger partial charge in [0.25, 0.3) is 0 Å². The van der Waals surface area contributed by atoms with Crippen molar-refractivity contribution in [3.05, 3.63) is 0 Å². The summed E-state index contributed by atoms with van der Waals surface area (Å²) in [7, 11) is 3.89. The maximum atomic E-state index is 11.7. The van der Waals surface area contributed by atoms with Gasteiger partial charge in [0.05, 0.1) is 0 Å². The molecule has 6 heteroatoms. The van der Waals surface area contributed by atoms with Crippen LogP contribution in [0.5, 0.6) is 0 Å². The number of carbonyl (C=O) groups excluding carboxylic acids is 1. The Labute approximate surface area is 121 Å². The van der Waals surface area contributed by atoms with Crippen LogP contribution in [0.2, 0.25) is 0 Å². The van der Waals surface area contributed by atoms with Crippen molar-refractivity contribution in [2.45, 2.75) is 39.7 Å². The van der Waals surface area contributed by atoms with E-state index in [1.165, 1.54) is 0 Å². The molecule has 0 aromatic rings. The molecule has 2 unspecified atom stereocenters. The van der Waals surface area contributed by atoms with E-state index in [0.717, 1.165) is 13.0 Å². The summed E-state index contributed by atoms with van der Waals surface area (Å²) in [6.07, 6.45) is 0.880. The molecule has 0 saturated heterocycles. The van der Waals surface area contributed by atoms with Crippen molar-refractivity contribution < 1.29 is 14.7 Å². The molecule has 2 atom stereocenters. The van der Waals surface area contributed by atoms with Gasteiger partial charge in [0.2, 0.25) is 0 Å². The maximum absolute atomic E-state index is 11.7. The van der Waals surface area contributed by atoms with Crippen LogP contribution in [0.3, 0.4) is 0 Å². The van der Waals surface area contributed by atoms with Crippen LogP contribution in [-0.4, -0.2) is 55.2 Å². The third-order valence-corrected chi connectivity index (χ3v) is 2.84. The Morgan fingerprint density at radius 1 is 1.20 bits per heavy atom. The van der Waals surface area contributed by atoms with E-state index >= 15 is 0 Å². The highest BCUT2D eigenvalue weighted by molar-refractivity contribution is 5.74. The number of likely N-dealkylation sites (N-methyl/N-ethyl adjacent to an activating group) is 1. The van der Waals surface area contributed by atoms with Gasteiger partial charge in [-0.1, -0.05) is 13.8 Å². The fraction of sp³-hybridized carbons (Fsp3) is 0.857. The Hall–Kier alpha value is -1.30. The molecule has 118 valence electrons. The molecule has 0 heterocycles. The summed E-state index contributed by atoms with van der Waals surface area (Å²) in [5.41, 5.74) is 0. The van der Waals surface area contributed by atoms with Crippen molar-refractivity contribution in [3.63, 3.8) is 0 Å². The van der Waals surface area contributed by atoms with Gasteiger partial charge >= 0.3 is 12.0 Å². The first-order valence-corrected chi connectivity index (χ1v) is 7.11. The topological polar surface area (TPSA) is 81.7 Å². The van der Waals surface area contributed by atoms with Crippen LogP contribution in [0.4, 0.5) is 4.79 Å². The van der Waals surface area contributed by atoms with Crippen LogP contribution in [0.15, 0.2) is 0 Å². The molecule has 0 aliphatic carbocycles. The standard InChI is InChI=1S/C14H29N3O3/c1-10(2)6-12(7-13(18)19)8-15-14(20)16-11(3)9-17(4)5/h10-12H,6-9H2,1-5H3,(H,18,19)(H2,15,16,20). The number of carboxylic acid groups (broad SMARTS) is 1. The van der Waals surface area contributed by atoms with Gasteiger partial charge in [-0.3, -0.25) is 4.79 Å². The lowest BCUT2D eigenvalue weighted by Gasteiger charge is -2.21. The first kappa shape index (κ1) is 18.7. The number of nitrogens with one attached hydrogen (secondary N) is 2. The van der Waals surface area contributed by atoms with Crippen molar-refractivity contribution in [3.8, 4) is 0 Å². The molecule has 3 N–H and O–H groups in total. The number of carbonyl (C=O) groups is 2. The quantitative estimate of drug-likeness (QED) is 0.598.